The number of guanidine groups is 1. The minimum atomic E-state index is -5.41. The molecule has 0 saturated carbocycles. The highest BCUT2D eigenvalue weighted by Gasteiger charge is 2.60. The number of amides is 16. The molecule has 27 N–H and O–H groups in total. The first-order chi connectivity index (χ1) is 59.2. The number of piperazine rings is 2. The van der Waals surface area contributed by atoms with Crippen LogP contribution in [0, 0.1) is 5.92 Å². The first kappa shape index (κ1) is 101. The van der Waals surface area contributed by atoms with E-state index in [2.05, 4.69) is 83.5 Å². The first-order valence-electron chi connectivity index (χ1n) is 39.8. The topological polar surface area (TPSA) is 748 Å². The van der Waals surface area contributed by atoms with Crippen LogP contribution in [0.1, 0.15) is 103 Å². The number of benzene rings is 2. The Morgan fingerprint density at radius 1 is 0.659 bits per heavy atom. The fourth-order valence-corrected chi connectivity index (χ4v) is 15.6. The Bertz CT molecular complexity index is 4750. The van der Waals surface area contributed by atoms with Crippen molar-refractivity contribution in [2.24, 2.45) is 28.1 Å². The summed E-state index contributed by atoms with van der Waals surface area (Å²) < 4.78 is 28.9. The van der Waals surface area contributed by atoms with Gasteiger partial charge in [0, 0.05) is 92.7 Å². The summed E-state index contributed by atoms with van der Waals surface area (Å²) in [5, 5.41) is 53.3. The summed E-state index contributed by atoms with van der Waals surface area (Å²) in [6.45, 7) is 9.27. The number of nitrogens with one attached hydrogen (secondary N) is 14. The highest BCUT2D eigenvalue weighted by atomic mass is 31.2. The van der Waals surface area contributed by atoms with Gasteiger partial charge in [-0.15, -0.1) is 0 Å². The number of hydrogen-bond acceptors (Lipinski definition) is 26. The first-order valence-corrected chi connectivity index (χ1v) is 43.0. The summed E-state index contributed by atoms with van der Waals surface area (Å²) in [4.78, 5) is 254. The minimum Gasteiger partial charge on any atom is -0.508 e. The molecule has 10 atom stereocenters. The van der Waals surface area contributed by atoms with Crippen LogP contribution in [0.2, 0.25) is 0 Å². The fourth-order valence-electron chi connectivity index (χ4n) is 13.5. The van der Waals surface area contributed by atoms with Crippen molar-refractivity contribution in [2.75, 3.05) is 59.0 Å². The van der Waals surface area contributed by atoms with E-state index in [0.29, 0.717) is 40.7 Å². The van der Waals surface area contributed by atoms with Gasteiger partial charge >= 0.3 is 21.2 Å². The van der Waals surface area contributed by atoms with Crippen molar-refractivity contribution >= 4 is 121 Å². The van der Waals surface area contributed by atoms with E-state index in [4.69, 9.17) is 41.5 Å². The van der Waals surface area contributed by atoms with E-state index in [9.17, 15) is 96.4 Å². The third-order valence-corrected chi connectivity index (χ3v) is 23.6. The molecule has 126 heavy (non-hydrogen) atoms. The standard InChI is InChI=1S/C59H84N18O14.C11H16N4O4.C5H10N2O7P2/c1-31(2)22-40(49(82)68-39(12-8-20-64-57(60)61)56(89)77-21-9-13-46(77)55(88)75-76-58(62)90)69-54(87)45(29-91-59(3,4)5)74-50(83)41(23-32-14-16-35(79)17-15-32)70-53(86)44(28-78)73-51(84)42(24-33-26-65-37-11-7-6-10-36(33)37)71-52(85)43(25-34-27-63-30-66-34)72-48(81)38-18-19-47(80)67-38;1-7(15-5-10(18)13-11(19)6-15)2-14-3-8(16)12-9(17)4-14;8-5(15(9,10)11,16(12,13)14)3-7-2-1-6-4-7/h6-7,10-11,14-17,26-27,30-31,38-46,65,78-79H,8-9,12-13,18-25,28-29H2,1-5H3,(H,63,66)(H,67,80)(H,68,82)(H,69,87)(H,70,86)(H,71,85)(H,72,81)(H,73,84)(H,74,83)(H,75,88)(H4,60,61,64)(H3,62,76,90);7H,2-6H2,1H3,(H,12,16,17)(H,13,18,19);1-2,4,8H,3H2,(H2,9,10,11)(H2,12,13,14)/t38-,39-,40-,41-,42-,43-,44-,45+,46-;7-;/m00./s1. The van der Waals surface area contributed by atoms with Gasteiger partial charge in [0.2, 0.25) is 76.8 Å². The van der Waals surface area contributed by atoms with Gasteiger partial charge in [0.05, 0.1) is 64.2 Å². The summed E-state index contributed by atoms with van der Waals surface area (Å²) in [6.07, 6.45) is 8.41. The molecule has 51 heteroatoms. The van der Waals surface area contributed by atoms with Gasteiger partial charge in [-0.3, -0.25) is 107 Å². The van der Waals surface area contributed by atoms with E-state index >= 15 is 0 Å². The number of phenols is 1. The number of aromatic hydroxyl groups is 1. The smallest absolute Gasteiger partial charge is 0.371 e. The molecule has 0 radical (unpaired) electrons. The van der Waals surface area contributed by atoms with Crippen LogP contribution in [0.25, 0.3) is 10.9 Å². The maximum absolute atomic E-state index is 14.8. The van der Waals surface area contributed by atoms with Crippen LogP contribution in [-0.2, 0) is 107 Å². The third-order valence-electron chi connectivity index (χ3n) is 19.9. The zero-order valence-electron chi connectivity index (χ0n) is 69.8. The molecule has 0 spiro atoms. The number of aliphatic hydroxyl groups excluding tert-OH is 1. The van der Waals surface area contributed by atoms with Crippen LogP contribution in [0.5, 0.6) is 5.75 Å². The lowest BCUT2D eigenvalue weighted by Crippen LogP contribution is -2.62. The number of rotatable bonds is 38. The molecule has 2 aromatic carbocycles. The maximum atomic E-state index is 14.8. The third kappa shape index (κ3) is 31.2. The number of aromatic amines is 2. The second-order valence-corrected chi connectivity index (χ2v) is 35.6. The molecule has 690 valence electrons. The molecule has 4 aliphatic heterocycles. The van der Waals surface area contributed by atoms with Crippen molar-refractivity contribution in [1.29, 1.82) is 0 Å². The highest BCUT2D eigenvalue weighted by Crippen LogP contribution is 2.68. The van der Waals surface area contributed by atoms with Gasteiger partial charge in [-0.25, -0.2) is 20.2 Å². The normalized spacial score (nSPS) is 17.7. The number of imidazole rings is 2. The van der Waals surface area contributed by atoms with Crippen molar-refractivity contribution in [3.63, 3.8) is 0 Å². The summed E-state index contributed by atoms with van der Waals surface area (Å²) in [6, 6.07) is -0.805. The lowest BCUT2D eigenvalue weighted by molar-refractivity contribution is -0.142. The van der Waals surface area contributed by atoms with Gasteiger partial charge in [-0.1, -0.05) is 44.2 Å². The Hall–Kier alpha value is -12.2. The van der Waals surface area contributed by atoms with E-state index in [0.717, 1.165) is 10.9 Å². The van der Waals surface area contributed by atoms with Gasteiger partial charge in [-0.05, 0) is 101 Å². The van der Waals surface area contributed by atoms with Crippen LogP contribution >= 0.6 is 15.2 Å². The zero-order chi connectivity index (χ0) is 93.1. The van der Waals surface area contributed by atoms with Crippen LogP contribution in [0.4, 0.5) is 4.79 Å². The molecule has 0 aliphatic carbocycles. The molecule has 3 aromatic heterocycles. The number of aliphatic hydroxyl groups is 2. The summed E-state index contributed by atoms with van der Waals surface area (Å²) in [7, 11) is -10.8. The molecule has 4 saturated heterocycles. The fraction of sp³-hybridized carbons (Fsp3) is 0.520. The van der Waals surface area contributed by atoms with Crippen molar-refractivity contribution in [3.05, 3.63) is 103 Å². The number of phenolic OH excluding ortho intramolecular Hbond substituents is 1. The molecular weight excluding hydrogens is 1700 g/mol. The zero-order valence-corrected chi connectivity index (χ0v) is 71.6. The molecule has 4 aliphatic rings. The molecule has 7 heterocycles. The quantitative estimate of drug-likeness (QED) is 0.00436. The average Bonchev–Trinajstić information content (AvgIpc) is 0.921. The number of nitrogens with two attached hydrogens (primary N) is 3. The number of hydrazine groups is 1. The number of aliphatic imine (C=N–C) groups is 1. The number of fused-ring (bicyclic) bond motifs is 1. The van der Waals surface area contributed by atoms with Crippen molar-refractivity contribution < 1.29 is 121 Å². The number of H-pyrrole nitrogens is 2. The summed E-state index contributed by atoms with van der Waals surface area (Å²) >= 11 is 0. The van der Waals surface area contributed by atoms with Gasteiger partial charge in [0.15, 0.2) is 5.96 Å². The molecule has 9 rings (SSSR count). The van der Waals surface area contributed by atoms with Gasteiger partial charge in [-0.2, -0.15) is 0 Å². The second-order valence-electron chi connectivity index (χ2n) is 31.6. The lowest BCUT2D eigenvalue weighted by Gasteiger charge is -2.35. The predicted molar refractivity (Wildman–Crippen MR) is 444 cm³/mol. The van der Waals surface area contributed by atoms with Crippen LogP contribution in [0.3, 0.4) is 0 Å². The molecule has 4 fully saturated rings. The van der Waals surface area contributed by atoms with E-state index in [1.165, 1.54) is 54.1 Å². The number of primary amides is 1. The molecule has 0 unspecified atom stereocenters. The Morgan fingerprint density at radius 3 is 1.78 bits per heavy atom. The number of carbonyl (C=O) groups is 15. The van der Waals surface area contributed by atoms with E-state index in [1.54, 1.807) is 74.9 Å². The lowest BCUT2D eigenvalue weighted by atomic mass is 10.0. The minimum absolute atomic E-state index is 0.00453. The van der Waals surface area contributed by atoms with E-state index in [-0.39, 0.29) is 150 Å². The molecule has 49 nitrogen and oxygen atoms in total. The summed E-state index contributed by atoms with van der Waals surface area (Å²) in [5.41, 5.74) is 21.6. The monoisotopic (exact) mass is 1810 g/mol. The number of ether oxygens (including phenoxy) is 1. The van der Waals surface area contributed by atoms with Gasteiger partial charge < -0.3 is 119 Å². The Balaban J connectivity index is 0.000000507. The number of aromatic nitrogens is 5. The molecular formula is C75H110N24O25P2. The SMILES string of the molecule is CC(C)C[C@H](NC(=O)[C@@H](COC(C)(C)C)NC(=O)[C@H](Cc1ccc(O)cc1)NC(=O)[C@H](CO)NC(=O)[C@H](Cc1c[nH]c2ccccc12)NC(=O)[C@H](Cc1cnc[nH]1)NC(=O)[C@@H]1CCC(=O)N1)C(=O)N[C@@H](CCCN=C(N)N)C(=O)N1CCC[C@H]1C(=O)NNC(N)=O.C[C@@H](CN1CC(=O)NC(=O)C1)N1CC(=O)NC(=O)C1.O=P(O)(O)C(O)(Cn1ccnc1)P(=O)(O)O. The van der Waals surface area contributed by atoms with Gasteiger partial charge in [0.25, 0.3) is 11.0 Å². The van der Waals surface area contributed by atoms with E-state index < -0.39 is 159 Å². The number of carbonyl (C=O) groups excluding carboxylic acids is 15. The number of likely N-dealkylation sites (tertiary alicyclic amines) is 1. The van der Waals surface area contributed by atoms with Crippen LogP contribution in [-0.4, -0.2) is 299 Å². The Labute approximate surface area is 720 Å². The van der Waals surface area contributed by atoms with Crippen molar-refractivity contribution in [1.82, 2.24) is 103 Å². The Morgan fingerprint density at radius 2 is 1.22 bits per heavy atom. The molecule has 0 bridgehead atoms. The van der Waals surface area contributed by atoms with Crippen LogP contribution < -0.4 is 81.2 Å². The number of para-hydroxylation sites is 1. The number of hydrogen-bond donors (Lipinski definition) is 24. The summed E-state index contributed by atoms with van der Waals surface area (Å²) in [5.74, 6) is -9.88. The van der Waals surface area contributed by atoms with Gasteiger partial charge in [0.1, 0.15) is 60.1 Å². The number of nitrogens with zero attached hydrogens (tertiary/aromatic N) is 7. The average molecular weight is 1810 g/mol. The number of imide groups is 2. The highest BCUT2D eigenvalue weighted by molar-refractivity contribution is 7.72. The van der Waals surface area contributed by atoms with Crippen LogP contribution in [0.15, 0.2) is 91.0 Å². The predicted octanol–water partition coefficient (Wildman–Crippen LogP) is -6.93. The van der Waals surface area contributed by atoms with Crippen molar-refractivity contribution in [2.45, 2.75) is 183 Å². The second kappa shape index (κ2) is 46.2. The largest absolute Gasteiger partial charge is 0.508 e. The molecule has 16 amide bonds. The van der Waals surface area contributed by atoms with Crippen molar-refractivity contribution in [3.8, 4) is 5.75 Å². The maximum Gasteiger partial charge on any atom is 0.371 e. The molecule has 5 aromatic rings. The van der Waals surface area contributed by atoms with E-state index in [1.807, 2.05) is 12.3 Å². The number of urea groups is 1. The Kier molecular flexibility index (Phi) is 37.0.